The molecule has 0 aromatic carbocycles. The van der Waals surface area contributed by atoms with E-state index in [1.54, 1.807) is 0 Å². The molecule has 8 nitrogen and oxygen atoms in total. The summed E-state index contributed by atoms with van der Waals surface area (Å²) < 4.78 is 44.9. The van der Waals surface area contributed by atoms with Crippen LogP contribution >= 0.6 is 0 Å². The van der Waals surface area contributed by atoms with Gasteiger partial charge in [0, 0.05) is 50.5 Å². The molecule has 0 spiro atoms. The summed E-state index contributed by atoms with van der Waals surface area (Å²) in [6, 6.07) is 2.87. The molecule has 0 aliphatic carbocycles. The van der Waals surface area contributed by atoms with Crippen molar-refractivity contribution >= 4 is 5.91 Å². The summed E-state index contributed by atoms with van der Waals surface area (Å²) in [5.74, 6) is -0.366. The molecule has 150 valence electrons. The SMILES string of the molecule is O=C(CCn1ccc(=O)[nH]c1=O)N1CCC(Oc2cc(C(F)(F)F)ccn2)C1. The zero-order chi connectivity index (χ0) is 20.3. The second-order valence-corrected chi connectivity index (χ2v) is 6.30. The molecule has 0 radical (unpaired) electrons. The van der Waals surface area contributed by atoms with Crippen LogP contribution in [0.4, 0.5) is 13.2 Å². The highest BCUT2D eigenvalue weighted by atomic mass is 19.4. The van der Waals surface area contributed by atoms with Gasteiger partial charge in [-0.05, 0) is 6.07 Å². The molecule has 1 fully saturated rings. The first-order valence-corrected chi connectivity index (χ1v) is 8.50. The van der Waals surface area contributed by atoms with E-state index >= 15 is 0 Å². The van der Waals surface area contributed by atoms with Gasteiger partial charge in [-0.2, -0.15) is 13.2 Å². The van der Waals surface area contributed by atoms with Crippen LogP contribution < -0.4 is 16.0 Å². The number of likely N-dealkylation sites (tertiary alicyclic amines) is 1. The zero-order valence-corrected chi connectivity index (χ0v) is 14.6. The molecule has 1 amide bonds. The normalized spacial score (nSPS) is 17.0. The van der Waals surface area contributed by atoms with Crippen LogP contribution in [0.5, 0.6) is 5.88 Å². The molecule has 1 unspecified atom stereocenters. The first-order chi connectivity index (χ1) is 13.2. The average Bonchev–Trinajstić information content (AvgIpc) is 3.09. The number of carbonyl (C=O) groups is 1. The van der Waals surface area contributed by atoms with Gasteiger partial charge >= 0.3 is 11.9 Å². The van der Waals surface area contributed by atoms with Crippen LogP contribution in [-0.4, -0.2) is 44.5 Å². The minimum atomic E-state index is -4.49. The molecule has 3 heterocycles. The summed E-state index contributed by atoms with van der Waals surface area (Å²) in [5.41, 5.74) is -1.97. The van der Waals surface area contributed by atoms with Gasteiger partial charge in [-0.3, -0.25) is 14.6 Å². The van der Waals surface area contributed by atoms with Crippen molar-refractivity contribution in [1.29, 1.82) is 0 Å². The number of rotatable bonds is 5. The third-order valence-corrected chi connectivity index (χ3v) is 4.31. The molecule has 1 N–H and O–H groups in total. The number of hydrogen-bond acceptors (Lipinski definition) is 5. The van der Waals surface area contributed by atoms with Gasteiger partial charge in [0.2, 0.25) is 11.8 Å². The number of aromatic amines is 1. The van der Waals surface area contributed by atoms with Gasteiger partial charge in [0.15, 0.2) is 0 Å². The monoisotopic (exact) mass is 398 g/mol. The predicted octanol–water partition coefficient (Wildman–Crippen LogP) is 1.02. The Morgan fingerprint density at radius 3 is 2.82 bits per heavy atom. The molecule has 0 saturated carbocycles. The maximum absolute atomic E-state index is 12.7. The Labute approximate surface area is 156 Å². The number of amides is 1. The fraction of sp³-hybridized carbons (Fsp3) is 0.412. The van der Waals surface area contributed by atoms with E-state index in [4.69, 9.17) is 4.74 Å². The Morgan fingerprint density at radius 2 is 2.11 bits per heavy atom. The van der Waals surface area contributed by atoms with Crippen molar-refractivity contribution in [3.63, 3.8) is 0 Å². The van der Waals surface area contributed by atoms with Gasteiger partial charge < -0.3 is 14.2 Å². The van der Waals surface area contributed by atoms with Gasteiger partial charge in [-0.15, -0.1) is 0 Å². The molecule has 3 rings (SSSR count). The van der Waals surface area contributed by atoms with Crippen LogP contribution in [0.25, 0.3) is 0 Å². The molecule has 11 heteroatoms. The highest BCUT2D eigenvalue weighted by Gasteiger charge is 2.32. The molecular formula is C17H17F3N4O4. The summed E-state index contributed by atoms with van der Waals surface area (Å²) in [6.45, 7) is 0.714. The first kappa shape index (κ1) is 19.6. The van der Waals surface area contributed by atoms with Crippen molar-refractivity contribution < 1.29 is 22.7 Å². The summed E-state index contributed by atoms with van der Waals surface area (Å²) >= 11 is 0. The quantitative estimate of drug-likeness (QED) is 0.811. The smallest absolute Gasteiger partial charge is 0.416 e. The van der Waals surface area contributed by atoms with E-state index in [9.17, 15) is 27.6 Å². The number of H-pyrrole nitrogens is 1. The molecule has 1 saturated heterocycles. The number of nitrogens with one attached hydrogen (secondary N) is 1. The Hall–Kier alpha value is -3.11. The Balaban J connectivity index is 1.54. The van der Waals surface area contributed by atoms with Crippen molar-refractivity contribution in [1.82, 2.24) is 19.4 Å². The van der Waals surface area contributed by atoms with Crippen LogP contribution in [-0.2, 0) is 17.5 Å². The lowest BCUT2D eigenvalue weighted by Gasteiger charge is -2.17. The highest BCUT2D eigenvalue weighted by Crippen LogP contribution is 2.31. The zero-order valence-electron chi connectivity index (χ0n) is 14.6. The van der Waals surface area contributed by atoms with Crippen molar-refractivity contribution in [2.24, 2.45) is 0 Å². The van der Waals surface area contributed by atoms with Crippen molar-refractivity contribution in [3.8, 4) is 5.88 Å². The van der Waals surface area contributed by atoms with E-state index in [-0.39, 0.29) is 31.3 Å². The summed E-state index contributed by atoms with van der Waals surface area (Å²) in [7, 11) is 0. The van der Waals surface area contributed by atoms with E-state index in [0.29, 0.717) is 13.0 Å². The van der Waals surface area contributed by atoms with Crippen LogP contribution in [0.15, 0.2) is 40.2 Å². The van der Waals surface area contributed by atoms with Gasteiger partial charge in [0.05, 0.1) is 12.1 Å². The lowest BCUT2D eigenvalue weighted by atomic mass is 10.2. The molecule has 1 atom stereocenters. The molecule has 2 aromatic rings. The maximum atomic E-state index is 12.7. The number of halogens is 3. The Bertz CT molecular complexity index is 970. The van der Waals surface area contributed by atoms with Gasteiger partial charge in [-0.25, -0.2) is 9.78 Å². The molecule has 2 aromatic heterocycles. The third kappa shape index (κ3) is 4.78. The standard InChI is InChI=1S/C17H17F3N4O4/c18-17(19,20)11-1-5-21-14(9-11)28-12-2-6-24(10-12)15(26)4-8-23-7-3-13(25)22-16(23)27/h1,3,5,7,9,12H,2,4,6,8,10H2,(H,22,25,27). The van der Waals surface area contributed by atoms with E-state index in [1.807, 2.05) is 0 Å². The Morgan fingerprint density at radius 1 is 1.32 bits per heavy atom. The minimum absolute atomic E-state index is 0.0421. The number of aryl methyl sites for hydroxylation is 1. The van der Waals surface area contributed by atoms with Crippen LogP contribution in [0.1, 0.15) is 18.4 Å². The van der Waals surface area contributed by atoms with Crippen LogP contribution in [0.3, 0.4) is 0 Å². The predicted molar refractivity (Wildman–Crippen MR) is 90.8 cm³/mol. The molecule has 28 heavy (non-hydrogen) atoms. The van der Waals surface area contributed by atoms with Crippen LogP contribution in [0, 0.1) is 0 Å². The van der Waals surface area contributed by atoms with Crippen molar-refractivity contribution in [2.75, 3.05) is 13.1 Å². The second kappa shape index (κ2) is 7.87. The molecule has 0 bridgehead atoms. The Kier molecular flexibility index (Phi) is 5.52. The van der Waals surface area contributed by atoms with E-state index < -0.39 is 29.1 Å². The minimum Gasteiger partial charge on any atom is -0.472 e. The summed E-state index contributed by atoms with van der Waals surface area (Å²) in [4.78, 5) is 42.3. The number of aromatic nitrogens is 3. The fourth-order valence-corrected chi connectivity index (χ4v) is 2.87. The number of hydrogen-bond donors (Lipinski definition) is 1. The largest absolute Gasteiger partial charge is 0.472 e. The van der Waals surface area contributed by atoms with E-state index in [1.165, 1.54) is 21.7 Å². The number of ether oxygens (including phenoxy) is 1. The van der Waals surface area contributed by atoms with E-state index in [0.717, 1.165) is 18.3 Å². The van der Waals surface area contributed by atoms with Crippen molar-refractivity contribution in [2.45, 2.75) is 31.7 Å². The molecule has 1 aliphatic heterocycles. The fourth-order valence-electron chi connectivity index (χ4n) is 2.87. The third-order valence-electron chi connectivity index (χ3n) is 4.31. The number of nitrogens with zero attached hydrogens (tertiary/aromatic N) is 3. The van der Waals surface area contributed by atoms with Gasteiger partial charge in [0.25, 0.3) is 5.56 Å². The first-order valence-electron chi connectivity index (χ1n) is 8.50. The number of alkyl halides is 3. The van der Waals surface area contributed by atoms with Gasteiger partial charge in [0.1, 0.15) is 6.10 Å². The summed E-state index contributed by atoms with van der Waals surface area (Å²) in [5, 5.41) is 0. The highest BCUT2D eigenvalue weighted by molar-refractivity contribution is 5.76. The second-order valence-electron chi connectivity index (χ2n) is 6.30. The summed E-state index contributed by atoms with van der Waals surface area (Å²) in [6.07, 6.45) is -2.11. The number of carbonyl (C=O) groups excluding carboxylic acids is 1. The maximum Gasteiger partial charge on any atom is 0.416 e. The van der Waals surface area contributed by atoms with Crippen molar-refractivity contribution in [3.05, 3.63) is 57.0 Å². The van der Waals surface area contributed by atoms with Gasteiger partial charge in [-0.1, -0.05) is 0 Å². The lowest BCUT2D eigenvalue weighted by molar-refractivity contribution is -0.137. The average molecular weight is 398 g/mol. The molecule has 1 aliphatic rings. The topological polar surface area (TPSA) is 97.3 Å². The van der Waals surface area contributed by atoms with Crippen LogP contribution in [0.2, 0.25) is 0 Å². The molecular weight excluding hydrogens is 381 g/mol. The number of pyridine rings is 1. The lowest BCUT2D eigenvalue weighted by Crippen LogP contribution is -2.34. The van der Waals surface area contributed by atoms with E-state index in [2.05, 4.69) is 9.97 Å².